The van der Waals surface area contributed by atoms with E-state index in [9.17, 15) is 4.79 Å². The highest BCUT2D eigenvalue weighted by atomic mass is 16.5. The van der Waals surface area contributed by atoms with Gasteiger partial charge in [0.25, 0.3) is 0 Å². The third kappa shape index (κ3) is 2.53. The summed E-state index contributed by atoms with van der Waals surface area (Å²) in [6.07, 6.45) is 5.59. The third-order valence-corrected chi connectivity index (χ3v) is 3.60. The second kappa shape index (κ2) is 5.27. The van der Waals surface area contributed by atoms with Gasteiger partial charge in [0.15, 0.2) is 0 Å². The Morgan fingerprint density at radius 1 is 0.947 bits per heavy atom. The number of fused-ring (bicyclic) bond motifs is 1. The number of hydrogen-bond donors (Lipinski definition) is 0. The molecule has 2 aromatic rings. The molecule has 0 fully saturated rings. The van der Waals surface area contributed by atoms with Crippen molar-refractivity contribution in [2.24, 2.45) is 0 Å². The van der Waals surface area contributed by atoms with Gasteiger partial charge >= 0.3 is 0 Å². The van der Waals surface area contributed by atoms with Crippen molar-refractivity contribution in [3.05, 3.63) is 59.2 Å². The van der Waals surface area contributed by atoms with Gasteiger partial charge in [-0.1, -0.05) is 12.1 Å². The van der Waals surface area contributed by atoms with Crippen molar-refractivity contribution in [1.82, 2.24) is 0 Å². The normalized spacial score (nSPS) is 13.7. The molecular weight excluding hydrogens is 236 g/mol. The van der Waals surface area contributed by atoms with E-state index in [4.69, 9.17) is 4.74 Å². The Balaban J connectivity index is 1.88. The molecule has 0 heterocycles. The molecule has 0 atom stereocenters. The van der Waals surface area contributed by atoms with Crippen LogP contribution in [0.1, 0.15) is 34.3 Å². The average molecular weight is 252 g/mol. The quantitative estimate of drug-likeness (QED) is 0.766. The summed E-state index contributed by atoms with van der Waals surface area (Å²) in [5, 5.41) is 0. The lowest BCUT2D eigenvalue weighted by atomic mass is 9.91. The summed E-state index contributed by atoms with van der Waals surface area (Å²) < 4.78 is 5.96. The monoisotopic (exact) mass is 252 g/mol. The van der Waals surface area contributed by atoms with Gasteiger partial charge in [-0.15, -0.1) is 0 Å². The van der Waals surface area contributed by atoms with Crippen LogP contribution in [0.5, 0.6) is 11.5 Å². The standard InChI is InChI=1S/C17H16O2/c18-12-13-8-10-15(11-9-13)19-17-7-3-5-14-4-1-2-6-16(14)17/h3,5,7-12H,1-2,4,6H2. The zero-order chi connectivity index (χ0) is 13.1. The molecule has 19 heavy (non-hydrogen) atoms. The Bertz CT molecular complexity index is 585. The molecule has 2 nitrogen and oxygen atoms in total. The predicted molar refractivity (Wildman–Crippen MR) is 75.0 cm³/mol. The molecule has 1 aliphatic rings. The molecule has 2 aromatic carbocycles. The van der Waals surface area contributed by atoms with Crippen LogP contribution in [0.3, 0.4) is 0 Å². The maximum atomic E-state index is 10.6. The molecule has 0 saturated carbocycles. The zero-order valence-corrected chi connectivity index (χ0v) is 10.8. The van der Waals surface area contributed by atoms with Gasteiger partial charge in [-0.3, -0.25) is 4.79 Å². The number of carbonyl (C=O) groups is 1. The summed E-state index contributed by atoms with van der Waals surface area (Å²) in [5.41, 5.74) is 3.42. The molecule has 0 unspecified atom stereocenters. The summed E-state index contributed by atoms with van der Waals surface area (Å²) in [5.74, 6) is 1.74. The summed E-state index contributed by atoms with van der Waals surface area (Å²) in [4.78, 5) is 10.6. The van der Waals surface area contributed by atoms with Crippen LogP contribution in [-0.2, 0) is 12.8 Å². The molecule has 0 aromatic heterocycles. The molecule has 0 aliphatic heterocycles. The van der Waals surface area contributed by atoms with Gasteiger partial charge in [-0.2, -0.15) is 0 Å². The summed E-state index contributed by atoms with van der Waals surface area (Å²) in [6, 6.07) is 13.5. The van der Waals surface area contributed by atoms with E-state index in [0.29, 0.717) is 5.56 Å². The van der Waals surface area contributed by atoms with Crippen LogP contribution in [0, 0.1) is 0 Å². The van der Waals surface area contributed by atoms with Gasteiger partial charge in [0, 0.05) is 5.56 Å². The first-order valence-corrected chi connectivity index (χ1v) is 6.71. The first-order valence-electron chi connectivity index (χ1n) is 6.71. The predicted octanol–water partition coefficient (Wildman–Crippen LogP) is 4.17. The Kier molecular flexibility index (Phi) is 3.32. The van der Waals surface area contributed by atoms with E-state index in [1.54, 1.807) is 12.1 Å². The molecule has 1 aliphatic carbocycles. The number of aldehydes is 1. The summed E-state index contributed by atoms with van der Waals surface area (Å²) >= 11 is 0. The fourth-order valence-corrected chi connectivity index (χ4v) is 2.58. The third-order valence-electron chi connectivity index (χ3n) is 3.60. The van der Waals surface area contributed by atoms with E-state index in [0.717, 1.165) is 30.6 Å². The number of hydrogen-bond acceptors (Lipinski definition) is 2. The molecule has 0 bridgehead atoms. The lowest BCUT2D eigenvalue weighted by Crippen LogP contribution is -2.04. The van der Waals surface area contributed by atoms with Crippen molar-refractivity contribution < 1.29 is 9.53 Å². The number of aryl methyl sites for hydroxylation is 1. The fraction of sp³-hybridized carbons (Fsp3) is 0.235. The van der Waals surface area contributed by atoms with Crippen molar-refractivity contribution in [2.45, 2.75) is 25.7 Å². The van der Waals surface area contributed by atoms with Crippen LogP contribution in [0.2, 0.25) is 0 Å². The highest BCUT2D eigenvalue weighted by Crippen LogP contribution is 2.32. The lowest BCUT2D eigenvalue weighted by Gasteiger charge is -2.19. The van der Waals surface area contributed by atoms with Crippen LogP contribution >= 0.6 is 0 Å². The molecule has 96 valence electrons. The number of carbonyl (C=O) groups excluding carboxylic acids is 1. The van der Waals surface area contributed by atoms with Crippen molar-refractivity contribution in [2.75, 3.05) is 0 Å². The molecule has 0 saturated heterocycles. The van der Waals surface area contributed by atoms with Crippen LogP contribution in [0.4, 0.5) is 0 Å². The van der Waals surface area contributed by atoms with Gasteiger partial charge < -0.3 is 4.74 Å². The minimum atomic E-state index is 0.669. The first kappa shape index (κ1) is 12.0. The maximum absolute atomic E-state index is 10.6. The molecule has 0 N–H and O–H groups in total. The van der Waals surface area contributed by atoms with Crippen LogP contribution in [-0.4, -0.2) is 6.29 Å². The Morgan fingerprint density at radius 3 is 2.53 bits per heavy atom. The lowest BCUT2D eigenvalue weighted by molar-refractivity contribution is 0.112. The van der Waals surface area contributed by atoms with E-state index in [1.807, 2.05) is 18.2 Å². The second-order valence-electron chi connectivity index (χ2n) is 4.89. The molecule has 0 amide bonds. The highest BCUT2D eigenvalue weighted by molar-refractivity contribution is 5.74. The number of benzene rings is 2. The second-order valence-corrected chi connectivity index (χ2v) is 4.89. The van der Waals surface area contributed by atoms with Crippen LogP contribution in [0.25, 0.3) is 0 Å². The van der Waals surface area contributed by atoms with Gasteiger partial charge in [-0.25, -0.2) is 0 Å². The number of ether oxygens (including phenoxy) is 1. The Hall–Kier alpha value is -2.09. The van der Waals surface area contributed by atoms with E-state index in [-0.39, 0.29) is 0 Å². The molecule has 0 radical (unpaired) electrons. The fourth-order valence-electron chi connectivity index (χ4n) is 2.58. The van der Waals surface area contributed by atoms with Crippen LogP contribution in [0.15, 0.2) is 42.5 Å². The van der Waals surface area contributed by atoms with Gasteiger partial charge in [-0.05, 0) is 67.1 Å². The van der Waals surface area contributed by atoms with Gasteiger partial charge in [0.2, 0.25) is 0 Å². The van der Waals surface area contributed by atoms with E-state index in [1.165, 1.54) is 24.0 Å². The van der Waals surface area contributed by atoms with Crippen molar-refractivity contribution in [3.8, 4) is 11.5 Å². The SMILES string of the molecule is O=Cc1ccc(Oc2cccc3c2CCCC3)cc1. The summed E-state index contributed by atoms with van der Waals surface area (Å²) in [6.45, 7) is 0. The smallest absolute Gasteiger partial charge is 0.150 e. The van der Waals surface area contributed by atoms with Crippen LogP contribution < -0.4 is 4.74 Å². The van der Waals surface area contributed by atoms with E-state index >= 15 is 0 Å². The Morgan fingerprint density at radius 2 is 1.74 bits per heavy atom. The minimum Gasteiger partial charge on any atom is -0.457 e. The highest BCUT2D eigenvalue weighted by Gasteiger charge is 2.14. The van der Waals surface area contributed by atoms with E-state index < -0.39 is 0 Å². The van der Waals surface area contributed by atoms with Crippen molar-refractivity contribution >= 4 is 6.29 Å². The van der Waals surface area contributed by atoms with Crippen molar-refractivity contribution in [1.29, 1.82) is 0 Å². The minimum absolute atomic E-state index is 0.669. The Labute approximate surface area is 113 Å². The molecular formula is C17H16O2. The molecule has 3 rings (SSSR count). The average Bonchev–Trinajstić information content (AvgIpc) is 2.48. The maximum Gasteiger partial charge on any atom is 0.150 e. The zero-order valence-electron chi connectivity index (χ0n) is 10.8. The van der Waals surface area contributed by atoms with Crippen molar-refractivity contribution in [3.63, 3.8) is 0 Å². The van der Waals surface area contributed by atoms with Gasteiger partial charge in [0.1, 0.15) is 17.8 Å². The molecule has 2 heteroatoms. The number of rotatable bonds is 3. The first-order chi connectivity index (χ1) is 9.36. The molecule has 0 spiro atoms. The topological polar surface area (TPSA) is 26.3 Å². The largest absolute Gasteiger partial charge is 0.457 e. The van der Waals surface area contributed by atoms with E-state index in [2.05, 4.69) is 12.1 Å². The summed E-state index contributed by atoms with van der Waals surface area (Å²) in [7, 11) is 0. The van der Waals surface area contributed by atoms with Gasteiger partial charge in [0.05, 0.1) is 0 Å².